The summed E-state index contributed by atoms with van der Waals surface area (Å²) in [6.07, 6.45) is 3.86. The Balaban J connectivity index is 1.49. The second kappa shape index (κ2) is 9.93. The van der Waals surface area contributed by atoms with E-state index in [1.807, 2.05) is 37.3 Å². The molecular weight excluding hydrogens is 412 g/mol. The lowest BCUT2D eigenvalue weighted by atomic mass is 10.2. The third-order valence-corrected chi connectivity index (χ3v) is 5.48. The van der Waals surface area contributed by atoms with Crippen molar-refractivity contribution >= 4 is 29.2 Å². The zero-order chi connectivity index (χ0) is 21.6. The molecule has 0 radical (unpaired) electrons. The van der Waals surface area contributed by atoms with Gasteiger partial charge in [-0.1, -0.05) is 0 Å². The van der Waals surface area contributed by atoms with Gasteiger partial charge in [0, 0.05) is 42.4 Å². The summed E-state index contributed by atoms with van der Waals surface area (Å²) in [4.78, 5) is 24.1. The van der Waals surface area contributed by atoms with Crippen molar-refractivity contribution in [2.24, 2.45) is 0 Å². The maximum absolute atomic E-state index is 12.3. The fourth-order valence-corrected chi connectivity index (χ4v) is 3.83. The SMILES string of the molecule is CSCc1cc(N2CCOCC2)nc(-c2ccc(NC(=O)Cn3ccc(C)n3)cc2)n1. The summed E-state index contributed by atoms with van der Waals surface area (Å²) in [5.74, 6) is 2.33. The van der Waals surface area contributed by atoms with Crippen LogP contribution in [0.3, 0.4) is 0 Å². The Morgan fingerprint density at radius 3 is 2.61 bits per heavy atom. The van der Waals surface area contributed by atoms with Gasteiger partial charge in [0.25, 0.3) is 0 Å². The summed E-state index contributed by atoms with van der Waals surface area (Å²) >= 11 is 1.74. The van der Waals surface area contributed by atoms with Crippen LogP contribution in [0.25, 0.3) is 11.4 Å². The van der Waals surface area contributed by atoms with Crippen molar-refractivity contribution in [1.29, 1.82) is 0 Å². The number of aromatic nitrogens is 4. The van der Waals surface area contributed by atoms with Crippen molar-refractivity contribution in [2.75, 3.05) is 42.8 Å². The Hall–Kier alpha value is -2.91. The number of rotatable bonds is 7. The first-order chi connectivity index (χ1) is 15.1. The van der Waals surface area contributed by atoms with Gasteiger partial charge in [0.05, 0.1) is 24.6 Å². The van der Waals surface area contributed by atoms with Gasteiger partial charge in [0.2, 0.25) is 5.91 Å². The molecule has 0 bridgehead atoms. The smallest absolute Gasteiger partial charge is 0.246 e. The number of hydrogen-bond acceptors (Lipinski definition) is 7. The number of morpholine rings is 1. The van der Waals surface area contributed by atoms with Crippen LogP contribution in [0.5, 0.6) is 0 Å². The minimum Gasteiger partial charge on any atom is -0.378 e. The van der Waals surface area contributed by atoms with Gasteiger partial charge >= 0.3 is 0 Å². The highest BCUT2D eigenvalue weighted by Gasteiger charge is 2.16. The van der Waals surface area contributed by atoms with Gasteiger partial charge in [-0.15, -0.1) is 0 Å². The molecule has 9 heteroatoms. The molecule has 1 N–H and O–H groups in total. The maximum atomic E-state index is 12.3. The quantitative estimate of drug-likeness (QED) is 0.607. The van der Waals surface area contributed by atoms with Gasteiger partial charge in [-0.3, -0.25) is 9.48 Å². The van der Waals surface area contributed by atoms with Crippen LogP contribution in [0.2, 0.25) is 0 Å². The lowest BCUT2D eigenvalue weighted by Crippen LogP contribution is -2.37. The van der Waals surface area contributed by atoms with Crippen molar-refractivity contribution in [3.05, 3.63) is 54.0 Å². The van der Waals surface area contributed by atoms with E-state index in [1.165, 1.54) is 0 Å². The van der Waals surface area contributed by atoms with E-state index in [0.29, 0.717) is 19.0 Å². The second-order valence-corrected chi connectivity index (χ2v) is 8.22. The highest BCUT2D eigenvalue weighted by molar-refractivity contribution is 7.97. The molecule has 1 saturated heterocycles. The molecular formula is C22H26N6O2S. The van der Waals surface area contributed by atoms with E-state index in [1.54, 1.807) is 22.6 Å². The summed E-state index contributed by atoms with van der Waals surface area (Å²) in [7, 11) is 0. The average Bonchev–Trinajstić information content (AvgIpc) is 3.19. The molecule has 31 heavy (non-hydrogen) atoms. The summed E-state index contributed by atoms with van der Waals surface area (Å²) in [6, 6.07) is 11.6. The number of nitrogens with zero attached hydrogens (tertiary/aromatic N) is 5. The number of hydrogen-bond donors (Lipinski definition) is 1. The number of carbonyl (C=O) groups excluding carboxylic acids is 1. The predicted molar refractivity (Wildman–Crippen MR) is 123 cm³/mol. The van der Waals surface area contributed by atoms with Crippen LogP contribution >= 0.6 is 11.8 Å². The molecule has 8 nitrogen and oxygen atoms in total. The minimum atomic E-state index is -0.122. The van der Waals surface area contributed by atoms with E-state index in [-0.39, 0.29) is 12.5 Å². The molecule has 1 fully saturated rings. The molecule has 0 aliphatic carbocycles. The number of thioether (sulfide) groups is 1. The van der Waals surface area contributed by atoms with Crippen LogP contribution in [0, 0.1) is 6.92 Å². The number of nitrogens with one attached hydrogen (secondary N) is 1. The summed E-state index contributed by atoms with van der Waals surface area (Å²) in [5.41, 5.74) is 3.53. The van der Waals surface area contributed by atoms with E-state index in [0.717, 1.165) is 47.3 Å². The van der Waals surface area contributed by atoms with Gasteiger partial charge in [0.15, 0.2) is 5.82 Å². The van der Waals surface area contributed by atoms with Crippen molar-refractivity contribution in [1.82, 2.24) is 19.7 Å². The topological polar surface area (TPSA) is 85.2 Å². The molecule has 4 rings (SSSR count). The fraction of sp³-hybridized carbons (Fsp3) is 0.364. The molecule has 1 amide bonds. The normalized spacial score (nSPS) is 13.9. The number of anilines is 2. The molecule has 0 saturated carbocycles. The van der Waals surface area contributed by atoms with Crippen LogP contribution in [0.4, 0.5) is 11.5 Å². The average molecular weight is 439 g/mol. The Morgan fingerprint density at radius 1 is 1.16 bits per heavy atom. The Bertz CT molecular complexity index is 1030. The number of ether oxygens (including phenoxy) is 1. The van der Waals surface area contributed by atoms with Gasteiger partial charge in [0.1, 0.15) is 12.4 Å². The zero-order valence-electron chi connectivity index (χ0n) is 17.7. The molecule has 2 aromatic heterocycles. The van der Waals surface area contributed by atoms with Crippen molar-refractivity contribution in [3.8, 4) is 11.4 Å². The van der Waals surface area contributed by atoms with Crippen LogP contribution in [-0.4, -0.2) is 58.2 Å². The summed E-state index contributed by atoms with van der Waals surface area (Å²) < 4.78 is 7.09. The Labute approximate surface area is 186 Å². The van der Waals surface area contributed by atoms with E-state index in [9.17, 15) is 4.79 Å². The molecule has 0 unspecified atom stereocenters. The Morgan fingerprint density at radius 2 is 1.94 bits per heavy atom. The molecule has 1 aliphatic rings. The third-order valence-electron chi connectivity index (χ3n) is 4.90. The van der Waals surface area contributed by atoms with Gasteiger partial charge in [-0.2, -0.15) is 16.9 Å². The summed E-state index contributed by atoms with van der Waals surface area (Å²) in [6.45, 7) is 5.16. The van der Waals surface area contributed by atoms with E-state index in [4.69, 9.17) is 14.7 Å². The first kappa shape index (κ1) is 21.3. The first-order valence-electron chi connectivity index (χ1n) is 10.2. The molecule has 162 valence electrons. The van der Waals surface area contributed by atoms with Crippen molar-refractivity contribution in [2.45, 2.75) is 19.2 Å². The first-order valence-corrected chi connectivity index (χ1v) is 11.6. The molecule has 0 spiro atoms. The monoisotopic (exact) mass is 438 g/mol. The fourth-order valence-electron chi connectivity index (χ4n) is 3.39. The lowest BCUT2D eigenvalue weighted by molar-refractivity contribution is -0.116. The van der Waals surface area contributed by atoms with Crippen LogP contribution in [-0.2, 0) is 21.8 Å². The standard InChI is InChI=1S/C22H26N6O2S/c1-16-7-8-28(26-16)14-21(29)23-18-5-3-17(4-6-18)22-24-19(15-31-2)13-20(25-22)27-9-11-30-12-10-27/h3-8,13H,9-12,14-15H2,1-2H3,(H,23,29). The largest absolute Gasteiger partial charge is 0.378 e. The van der Waals surface area contributed by atoms with E-state index < -0.39 is 0 Å². The van der Waals surface area contributed by atoms with Crippen LogP contribution < -0.4 is 10.2 Å². The van der Waals surface area contributed by atoms with Gasteiger partial charge in [-0.05, 0) is 43.5 Å². The zero-order valence-corrected chi connectivity index (χ0v) is 18.6. The number of carbonyl (C=O) groups is 1. The van der Waals surface area contributed by atoms with E-state index >= 15 is 0 Å². The van der Waals surface area contributed by atoms with Gasteiger partial charge < -0.3 is 15.0 Å². The lowest BCUT2D eigenvalue weighted by Gasteiger charge is -2.28. The molecule has 3 aromatic rings. The number of benzene rings is 1. The van der Waals surface area contributed by atoms with E-state index in [2.05, 4.69) is 27.6 Å². The third kappa shape index (κ3) is 5.62. The minimum absolute atomic E-state index is 0.122. The number of aryl methyl sites for hydroxylation is 1. The summed E-state index contributed by atoms with van der Waals surface area (Å²) in [5, 5.41) is 7.15. The van der Waals surface area contributed by atoms with Crippen LogP contribution in [0.1, 0.15) is 11.4 Å². The maximum Gasteiger partial charge on any atom is 0.246 e. The highest BCUT2D eigenvalue weighted by Crippen LogP contribution is 2.24. The molecule has 1 aliphatic heterocycles. The van der Waals surface area contributed by atoms with Crippen molar-refractivity contribution in [3.63, 3.8) is 0 Å². The molecule has 1 aromatic carbocycles. The molecule has 0 atom stereocenters. The number of amides is 1. The second-order valence-electron chi connectivity index (χ2n) is 7.35. The van der Waals surface area contributed by atoms with Gasteiger partial charge in [-0.25, -0.2) is 9.97 Å². The molecule has 3 heterocycles. The van der Waals surface area contributed by atoms with Crippen molar-refractivity contribution < 1.29 is 9.53 Å². The van der Waals surface area contributed by atoms with Crippen LogP contribution in [0.15, 0.2) is 42.6 Å². The highest BCUT2D eigenvalue weighted by atomic mass is 32.2. The Kier molecular flexibility index (Phi) is 6.83. The predicted octanol–water partition coefficient (Wildman–Crippen LogP) is 2.99.